The van der Waals surface area contributed by atoms with Crippen molar-refractivity contribution in [1.82, 2.24) is 4.98 Å². The van der Waals surface area contributed by atoms with Gasteiger partial charge in [0, 0.05) is 23.6 Å². The van der Waals surface area contributed by atoms with Crippen molar-refractivity contribution in [2.24, 2.45) is 0 Å². The molecule has 86 valence electrons. The van der Waals surface area contributed by atoms with Gasteiger partial charge in [0.15, 0.2) is 11.3 Å². The normalized spacial score (nSPS) is 9.94. The summed E-state index contributed by atoms with van der Waals surface area (Å²) in [5, 5.41) is 4.97. The number of rotatable bonds is 3. The lowest BCUT2D eigenvalue weighted by atomic mass is 10.1. The zero-order valence-electron chi connectivity index (χ0n) is 9.14. The zero-order chi connectivity index (χ0) is 12.3. The third kappa shape index (κ3) is 2.76. The third-order valence-electron chi connectivity index (χ3n) is 2.10. The van der Waals surface area contributed by atoms with Crippen LogP contribution in [0.3, 0.4) is 0 Å². The second-order valence-corrected chi connectivity index (χ2v) is 4.34. The Labute approximate surface area is 102 Å². The number of amides is 1. The number of carbonyl (C=O) groups is 2. The van der Waals surface area contributed by atoms with Crippen molar-refractivity contribution in [1.29, 1.82) is 0 Å². The van der Waals surface area contributed by atoms with Crippen molar-refractivity contribution in [2.75, 3.05) is 5.32 Å². The highest BCUT2D eigenvalue weighted by atomic mass is 32.1. The molecular weight excluding hydrogens is 236 g/mol. The summed E-state index contributed by atoms with van der Waals surface area (Å²) < 4.78 is 0. The molecule has 2 rings (SSSR count). The van der Waals surface area contributed by atoms with Crippen LogP contribution in [0.4, 0.5) is 5.69 Å². The standard InChI is InChI=1S/C12H10N2O2S/c1-8(16)13-10-4-2-3-9(5-10)11-7-17-12(6-15)14-11/h2-7H,1H3,(H,13,16). The average Bonchev–Trinajstić information content (AvgIpc) is 2.77. The predicted octanol–water partition coefficient (Wildman–Crippen LogP) is 2.58. The molecule has 0 spiro atoms. The molecule has 17 heavy (non-hydrogen) atoms. The lowest BCUT2D eigenvalue weighted by molar-refractivity contribution is -0.114. The number of aromatic nitrogens is 1. The summed E-state index contributed by atoms with van der Waals surface area (Å²) in [6.45, 7) is 1.46. The molecule has 0 unspecified atom stereocenters. The Morgan fingerprint density at radius 1 is 1.47 bits per heavy atom. The fourth-order valence-corrected chi connectivity index (χ4v) is 2.06. The molecular formula is C12H10N2O2S. The molecule has 1 aromatic heterocycles. The number of nitrogens with one attached hydrogen (secondary N) is 1. The largest absolute Gasteiger partial charge is 0.326 e. The van der Waals surface area contributed by atoms with Crippen LogP contribution in [0.1, 0.15) is 16.7 Å². The van der Waals surface area contributed by atoms with E-state index in [9.17, 15) is 9.59 Å². The number of carbonyl (C=O) groups excluding carboxylic acids is 2. The molecule has 0 aliphatic rings. The molecule has 0 fully saturated rings. The van der Waals surface area contributed by atoms with Gasteiger partial charge in [0.1, 0.15) is 0 Å². The van der Waals surface area contributed by atoms with E-state index < -0.39 is 0 Å². The van der Waals surface area contributed by atoms with Crippen LogP contribution in [-0.4, -0.2) is 17.2 Å². The summed E-state index contributed by atoms with van der Waals surface area (Å²) in [6.07, 6.45) is 0.728. The minimum absolute atomic E-state index is 0.117. The Balaban J connectivity index is 2.32. The van der Waals surface area contributed by atoms with Crippen molar-refractivity contribution in [3.05, 3.63) is 34.7 Å². The molecule has 0 radical (unpaired) electrons. The predicted molar refractivity (Wildman–Crippen MR) is 67.2 cm³/mol. The minimum Gasteiger partial charge on any atom is -0.326 e. The van der Waals surface area contributed by atoms with Gasteiger partial charge in [-0.25, -0.2) is 4.98 Å². The van der Waals surface area contributed by atoms with Crippen molar-refractivity contribution in [2.45, 2.75) is 6.92 Å². The van der Waals surface area contributed by atoms with Crippen LogP contribution in [0.5, 0.6) is 0 Å². The maximum atomic E-state index is 10.9. The molecule has 5 heteroatoms. The second kappa shape index (κ2) is 4.88. The SMILES string of the molecule is CC(=O)Nc1cccc(-c2csc(C=O)n2)c1. The monoisotopic (exact) mass is 246 g/mol. The van der Waals surface area contributed by atoms with E-state index in [2.05, 4.69) is 10.3 Å². The summed E-state index contributed by atoms with van der Waals surface area (Å²) in [4.78, 5) is 25.7. The summed E-state index contributed by atoms with van der Waals surface area (Å²) in [6, 6.07) is 7.35. The van der Waals surface area contributed by atoms with Crippen LogP contribution in [0.25, 0.3) is 11.3 Å². The maximum Gasteiger partial charge on any atom is 0.221 e. The molecule has 1 N–H and O–H groups in total. The molecule has 0 saturated heterocycles. The number of hydrogen-bond acceptors (Lipinski definition) is 4. The molecule has 1 heterocycles. The van der Waals surface area contributed by atoms with Gasteiger partial charge in [0.05, 0.1) is 5.69 Å². The Morgan fingerprint density at radius 2 is 2.29 bits per heavy atom. The van der Waals surface area contributed by atoms with Gasteiger partial charge >= 0.3 is 0 Å². The second-order valence-electron chi connectivity index (χ2n) is 3.45. The summed E-state index contributed by atoms with van der Waals surface area (Å²) in [5.41, 5.74) is 2.33. The highest BCUT2D eigenvalue weighted by molar-refractivity contribution is 7.11. The summed E-state index contributed by atoms with van der Waals surface area (Å²) in [7, 11) is 0. The maximum absolute atomic E-state index is 10.9. The van der Waals surface area contributed by atoms with Crippen molar-refractivity contribution < 1.29 is 9.59 Å². The molecule has 0 bridgehead atoms. The van der Waals surface area contributed by atoms with Gasteiger partial charge in [-0.1, -0.05) is 12.1 Å². The van der Waals surface area contributed by atoms with Crippen LogP contribution in [0, 0.1) is 0 Å². The average molecular weight is 246 g/mol. The first-order valence-corrected chi connectivity index (χ1v) is 5.86. The van der Waals surface area contributed by atoms with E-state index in [1.807, 2.05) is 23.6 Å². The summed E-state index contributed by atoms with van der Waals surface area (Å²) >= 11 is 1.30. The summed E-state index contributed by atoms with van der Waals surface area (Å²) in [5.74, 6) is -0.117. The first kappa shape index (κ1) is 11.5. The molecule has 2 aromatic rings. The molecule has 0 atom stereocenters. The highest BCUT2D eigenvalue weighted by Crippen LogP contribution is 2.23. The molecule has 0 aliphatic heterocycles. The van der Waals surface area contributed by atoms with E-state index >= 15 is 0 Å². The number of thiazole rings is 1. The topological polar surface area (TPSA) is 59.1 Å². The molecule has 4 nitrogen and oxygen atoms in total. The van der Waals surface area contributed by atoms with E-state index in [4.69, 9.17) is 0 Å². The van der Waals surface area contributed by atoms with Crippen molar-refractivity contribution >= 4 is 29.2 Å². The number of benzene rings is 1. The minimum atomic E-state index is -0.117. The fourth-order valence-electron chi connectivity index (χ4n) is 1.43. The van der Waals surface area contributed by atoms with Gasteiger partial charge < -0.3 is 5.32 Å². The van der Waals surface area contributed by atoms with E-state index in [-0.39, 0.29) is 5.91 Å². The van der Waals surface area contributed by atoms with Gasteiger partial charge in [0.25, 0.3) is 0 Å². The molecule has 1 amide bonds. The van der Waals surface area contributed by atoms with Gasteiger partial charge in [-0.15, -0.1) is 11.3 Å². The van der Waals surface area contributed by atoms with E-state index in [0.717, 1.165) is 23.2 Å². The Kier molecular flexibility index (Phi) is 3.30. The third-order valence-corrected chi connectivity index (χ3v) is 2.87. The van der Waals surface area contributed by atoms with Gasteiger partial charge in [-0.2, -0.15) is 0 Å². The number of anilines is 1. The van der Waals surface area contributed by atoms with Crippen LogP contribution >= 0.6 is 11.3 Å². The van der Waals surface area contributed by atoms with Crippen LogP contribution in [0.15, 0.2) is 29.6 Å². The first-order chi connectivity index (χ1) is 8.19. The van der Waals surface area contributed by atoms with E-state index in [0.29, 0.717) is 5.01 Å². The fraction of sp³-hybridized carbons (Fsp3) is 0.0833. The van der Waals surface area contributed by atoms with Crippen LogP contribution in [-0.2, 0) is 4.79 Å². The molecule has 0 aliphatic carbocycles. The van der Waals surface area contributed by atoms with Gasteiger partial charge in [-0.05, 0) is 12.1 Å². The molecule has 1 aromatic carbocycles. The van der Waals surface area contributed by atoms with E-state index in [1.54, 1.807) is 6.07 Å². The lowest BCUT2D eigenvalue weighted by Crippen LogP contribution is -2.05. The van der Waals surface area contributed by atoms with Crippen molar-refractivity contribution in [3.8, 4) is 11.3 Å². The number of hydrogen-bond donors (Lipinski definition) is 1. The van der Waals surface area contributed by atoms with Gasteiger partial charge in [0.2, 0.25) is 5.91 Å². The van der Waals surface area contributed by atoms with E-state index in [1.165, 1.54) is 18.3 Å². The molecule has 0 saturated carbocycles. The first-order valence-electron chi connectivity index (χ1n) is 4.98. The quantitative estimate of drug-likeness (QED) is 0.847. The Bertz CT molecular complexity index is 563. The smallest absolute Gasteiger partial charge is 0.221 e. The van der Waals surface area contributed by atoms with Crippen LogP contribution in [0.2, 0.25) is 0 Å². The number of nitrogens with zero attached hydrogens (tertiary/aromatic N) is 1. The van der Waals surface area contributed by atoms with Gasteiger partial charge in [-0.3, -0.25) is 9.59 Å². The zero-order valence-corrected chi connectivity index (χ0v) is 9.95. The highest BCUT2D eigenvalue weighted by Gasteiger charge is 2.05. The number of aldehydes is 1. The lowest BCUT2D eigenvalue weighted by Gasteiger charge is -2.03. The Hall–Kier alpha value is -2.01. The Morgan fingerprint density at radius 3 is 2.94 bits per heavy atom. The van der Waals surface area contributed by atoms with Crippen molar-refractivity contribution in [3.63, 3.8) is 0 Å². The van der Waals surface area contributed by atoms with Crippen LogP contribution < -0.4 is 5.32 Å².